The lowest BCUT2D eigenvalue weighted by atomic mass is 9.92. The Kier molecular flexibility index (Phi) is 5.67. The summed E-state index contributed by atoms with van der Waals surface area (Å²) >= 11 is 3.67. The maximum absolute atomic E-state index is 5.53. The minimum Gasteiger partial charge on any atom is -0.494 e. The fraction of sp³-hybridized carbons (Fsp3) is 0.600. The molecule has 0 aliphatic carbocycles. The van der Waals surface area contributed by atoms with Crippen molar-refractivity contribution in [2.75, 3.05) is 26.4 Å². The van der Waals surface area contributed by atoms with Crippen LogP contribution in [0.15, 0.2) is 22.7 Å². The van der Waals surface area contributed by atoms with Crippen LogP contribution in [0.1, 0.15) is 31.9 Å². The first-order chi connectivity index (χ1) is 9.26. The summed E-state index contributed by atoms with van der Waals surface area (Å²) in [5.41, 5.74) is 1.29. The molecule has 0 amide bonds. The minimum atomic E-state index is 0.345. The van der Waals surface area contributed by atoms with Crippen LogP contribution in [0.3, 0.4) is 0 Å². The molecule has 1 aliphatic rings. The van der Waals surface area contributed by atoms with Gasteiger partial charge in [-0.1, -0.05) is 28.9 Å². The number of rotatable bonds is 6. The Morgan fingerprint density at radius 2 is 2.32 bits per heavy atom. The van der Waals surface area contributed by atoms with Crippen molar-refractivity contribution in [2.24, 2.45) is 5.92 Å². The van der Waals surface area contributed by atoms with E-state index in [1.807, 2.05) is 13.0 Å². The summed E-state index contributed by atoms with van der Waals surface area (Å²) in [5, 5.41) is 3.58. The van der Waals surface area contributed by atoms with Crippen LogP contribution in [0.4, 0.5) is 0 Å². The molecule has 1 aromatic carbocycles. The lowest BCUT2D eigenvalue weighted by Gasteiger charge is -2.25. The molecule has 19 heavy (non-hydrogen) atoms. The highest BCUT2D eigenvalue weighted by molar-refractivity contribution is 9.10. The molecule has 2 rings (SSSR count). The van der Waals surface area contributed by atoms with Crippen LogP contribution in [-0.4, -0.2) is 26.4 Å². The molecule has 0 radical (unpaired) electrons. The lowest BCUT2D eigenvalue weighted by Crippen LogP contribution is -2.28. The molecule has 0 bridgehead atoms. The second kappa shape index (κ2) is 7.27. The molecule has 1 aromatic rings. The van der Waals surface area contributed by atoms with E-state index in [-0.39, 0.29) is 0 Å². The molecule has 2 unspecified atom stereocenters. The first-order valence-electron chi connectivity index (χ1n) is 6.99. The van der Waals surface area contributed by atoms with E-state index in [0.717, 1.165) is 36.4 Å². The zero-order chi connectivity index (χ0) is 13.7. The molecule has 0 aromatic heterocycles. The van der Waals surface area contributed by atoms with Crippen molar-refractivity contribution in [1.82, 2.24) is 5.32 Å². The van der Waals surface area contributed by atoms with Crippen molar-refractivity contribution >= 4 is 15.9 Å². The standard InChI is InChI=1S/C15H22BrNO2/c1-3-17-15(11-7-8-18-10-11)13-6-5-12(19-4-2)9-14(13)16/h5-6,9,11,15,17H,3-4,7-8,10H2,1-2H3. The van der Waals surface area contributed by atoms with Crippen LogP contribution >= 0.6 is 15.9 Å². The second-order valence-electron chi connectivity index (χ2n) is 4.78. The Bertz CT molecular complexity index is 405. The van der Waals surface area contributed by atoms with E-state index in [9.17, 15) is 0 Å². The Balaban J connectivity index is 2.20. The SMILES string of the molecule is CCNC(c1ccc(OCC)cc1Br)C1CCOC1. The Hall–Kier alpha value is -0.580. The molecule has 3 nitrogen and oxygen atoms in total. The van der Waals surface area contributed by atoms with E-state index in [2.05, 4.69) is 40.3 Å². The topological polar surface area (TPSA) is 30.5 Å². The molecule has 0 saturated carbocycles. The van der Waals surface area contributed by atoms with Gasteiger partial charge in [0.1, 0.15) is 5.75 Å². The van der Waals surface area contributed by atoms with Crippen LogP contribution in [0.2, 0.25) is 0 Å². The van der Waals surface area contributed by atoms with Gasteiger partial charge >= 0.3 is 0 Å². The maximum atomic E-state index is 5.53. The number of halogens is 1. The van der Waals surface area contributed by atoms with Gasteiger partial charge in [-0.05, 0) is 37.6 Å². The average molecular weight is 328 g/mol. The van der Waals surface area contributed by atoms with Crippen molar-refractivity contribution in [1.29, 1.82) is 0 Å². The molecular weight excluding hydrogens is 306 g/mol. The number of nitrogens with one attached hydrogen (secondary N) is 1. The average Bonchev–Trinajstić information content (AvgIpc) is 2.91. The largest absolute Gasteiger partial charge is 0.494 e. The Labute approximate surface area is 123 Å². The van der Waals surface area contributed by atoms with E-state index in [0.29, 0.717) is 18.6 Å². The highest BCUT2D eigenvalue weighted by Crippen LogP contribution is 2.34. The zero-order valence-electron chi connectivity index (χ0n) is 11.6. The monoisotopic (exact) mass is 327 g/mol. The summed E-state index contributed by atoms with van der Waals surface area (Å²) in [7, 11) is 0. The first kappa shape index (κ1) is 14.8. The van der Waals surface area contributed by atoms with Gasteiger partial charge < -0.3 is 14.8 Å². The number of ether oxygens (including phenoxy) is 2. The third kappa shape index (κ3) is 3.71. The number of hydrogen-bond donors (Lipinski definition) is 1. The zero-order valence-corrected chi connectivity index (χ0v) is 13.2. The van der Waals surface area contributed by atoms with Crippen LogP contribution in [0.25, 0.3) is 0 Å². The van der Waals surface area contributed by atoms with Crippen molar-refractivity contribution in [2.45, 2.75) is 26.3 Å². The van der Waals surface area contributed by atoms with Gasteiger partial charge in [-0.3, -0.25) is 0 Å². The quantitative estimate of drug-likeness (QED) is 0.866. The lowest BCUT2D eigenvalue weighted by molar-refractivity contribution is 0.177. The van der Waals surface area contributed by atoms with Gasteiger partial charge in [-0.25, -0.2) is 0 Å². The summed E-state index contributed by atoms with van der Waals surface area (Å²) in [6.45, 7) is 7.52. The third-order valence-corrected chi connectivity index (χ3v) is 4.17. The first-order valence-corrected chi connectivity index (χ1v) is 7.79. The Morgan fingerprint density at radius 3 is 2.89 bits per heavy atom. The highest BCUT2D eigenvalue weighted by Gasteiger charge is 2.27. The van der Waals surface area contributed by atoms with E-state index in [1.54, 1.807) is 0 Å². The van der Waals surface area contributed by atoms with Crippen molar-refractivity contribution in [3.05, 3.63) is 28.2 Å². The highest BCUT2D eigenvalue weighted by atomic mass is 79.9. The van der Waals surface area contributed by atoms with Gasteiger partial charge in [0.2, 0.25) is 0 Å². The summed E-state index contributed by atoms with van der Waals surface area (Å²) in [6, 6.07) is 6.60. The molecule has 1 aliphatic heterocycles. The minimum absolute atomic E-state index is 0.345. The molecule has 1 saturated heterocycles. The molecule has 1 heterocycles. The van der Waals surface area contributed by atoms with Gasteiger partial charge in [0.25, 0.3) is 0 Å². The van der Waals surface area contributed by atoms with Crippen LogP contribution in [-0.2, 0) is 4.74 Å². The molecule has 2 atom stereocenters. The fourth-order valence-corrected chi connectivity index (χ4v) is 3.19. The second-order valence-corrected chi connectivity index (χ2v) is 5.63. The number of benzene rings is 1. The van der Waals surface area contributed by atoms with Crippen LogP contribution in [0.5, 0.6) is 5.75 Å². The fourth-order valence-electron chi connectivity index (χ4n) is 2.58. The van der Waals surface area contributed by atoms with Crippen LogP contribution in [0, 0.1) is 5.92 Å². The Morgan fingerprint density at radius 1 is 1.47 bits per heavy atom. The van der Waals surface area contributed by atoms with Gasteiger partial charge in [0, 0.05) is 23.0 Å². The normalized spacial score (nSPS) is 20.5. The molecular formula is C15H22BrNO2. The van der Waals surface area contributed by atoms with Gasteiger partial charge in [0.15, 0.2) is 0 Å². The molecule has 106 valence electrons. The summed E-state index contributed by atoms with van der Waals surface area (Å²) in [6.07, 6.45) is 1.12. The van der Waals surface area contributed by atoms with Gasteiger partial charge in [-0.2, -0.15) is 0 Å². The predicted octanol–water partition coefficient (Wildman–Crippen LogP) is 3.53. The van der Waals surface area contributed by atoms with E-state index in [4.69, 9.17) is 9.47 Å². The van der Waals surface area contributed by atoms with E-state index in [1.165, 1.54) is 5.56 Å². The van der Waals surface area contributed by atoms with Crippen molar-refractivity contribution in [3.8, 4) is 5.75 Å². The summed E-state index contributed by atoms with van der Waals surface area (Å²) < 4.78 is 12.2. The smallest absolute Gasteiger partial charge is 0.120 e. The van der Waals surface area contributed by atoms with Crippen molar-refractivity contribution in [3.63, 3.8) is 0 Å². The molecule has 4 heteroatoms. The van der Waals surface area contributed by atoms with E-state index >= 15 is 0 Å². The third-order valence-electron chi connectivity index (χ3n) is 3.48. The van der Waals surface area contributed by atoms with Gasteiger partial charge in [0.05, 0.1) is 13.2 Å². The van der Waals surface area contributed by atoms with Gasteiger partial charge in [-0.15, -0.1) is 0 Å². The molecule has 1 fully saturated rings. The number of hydrogen-bond acceptors (Lipinski definition) is 3. The van der Waals surface area contributed by atoms with E-state index < -0.39 is 0 Å². The maximum Gasteiger partial charge on any atom is 0.120 e. The summed E-state index contributed by atoms with van der Waals surface area (Å²) in [4.78, 5) is 0. The molecule has 0 spiro atoms. The van der Waals surface area contributed by atoms with Crippen molar-refractivity contribution < 1.29 is 9.47 Å². The van der Waals surface area contributed by atoms with Crippen LogP contribution < -0.4 is 10.1 Å². The molecule has 1 N–H and O–H groups in total. The predicted molar refractivity (Wildman–Crippen MR) is 80.7 cm³/mol. The summed E-state index contributed by atoms with van der Waals surface area (Å²) in [5.74, 6) is 1.46.